The molecule has 3 nitrogen and oxygen atoms in total. The highest BCUT2D eigenvalue weighted by Crippen LogP contribution is 2.21. The van der Waals surface area contributed by atoms with Crippen LogP contribution in [-0.2, 0) is 0 Å². The fourth-order valence-electron chi connectivity index (χ4n) is 0.914. The van der Waals surface area contributed by atoms with Crippen molar-refractivity contribution in [2.75, 3.05) is 0 Å². The van der Waals surface area contributed by atoms with Gasteiger partial charge in [0, 0.05) is 26.5 Å². The van der Waals surface area contributed by atoms with Crippen molar-refractivity contribution in [2.24, 2.45) is 0 Å². The molecule has 0 radical (unpaired) electrons. The van der Waals surface area contributed by atoms with Gasteiger partial charge in [-0.25, -0.2) is 0 Å². The predicted molar refractivity (Wildman–Crippen MR) is 52.4 cm³/mol. The molecule has 0 spiro atoms. The third-order valence-electron chi connectivity index (χ3n) is 1.49. The Labute approximate surface area is 87.9 Å². The summed E-state index contributed by atoms with van der Waals surface area (Å²) in [5, 5.41) is 8.17. The molecule has 0 bridgehead atoms. The van der Waals surface area contributed by atoms with Crippen molar-refractivity contribution in [1.82, 2.24) is 10.2 Å². The maximum absolute atomic E-state index is 5.73. The first-order chi connectivity index (χ1) is 6.25. The van der Waals surface area contributed by atoms with Gasteiger partial charge in [0.15, 0.2) is 0 Å². The van der Waals surface area contributed by atoms with Gasteiger partial charge in [0.2, 0.25) is 5.89 Å². The summed E-state index contributed by atoms with van der Waals surface area (Å²) in [6.07, 6.45) is 0. The van der Waals surface area contributed by atoms with Gasteiger partial charge in [-0.3, -0.25) is 0 Å². The Bertz CT molecular complexity index is 412. The van der Waals surface area contributed by atoms with Crippen LogP contribution in [0.1, 0.15) is 0 Å². The van der Waals surface area contributed by atoms with Crippen LogP contribution in [0.25, 0.3) is 11.5 Å². The van der Waals surface area contributed by atoms with Crippen LogP contribution in [0.5, 0.6) is 0 Å². The van der Waals surface area contributed by atoms with Crippen LogP contribution in [0, 0.1) is 0 Å². The molecule has 13 heavy (non-hydrogen) atoms. The molecule has 1 aromatic heterocycles. The topological polar surface area (TPSA) is 38.9 Å². The number of halogens is 2. The van der Waals surface area contributed by atoms with Gasteiger partial charge in [0.1, 0.15) is 0 Å². The lowest BCUT2D eigenvalue weighted by Gasteiger charge is -1.92. The molecule has 0 aliphatic heterocycles. The molecule has 1 aromatic carbocycles. The standard InChI is InChI=1S/C8H4BrClN2O/c9-8-12-11-7(13-8)5-1-3-6(10)4-2-5/h1-4H. The monoisotopic (exact) mass is 258 g/mol. The van der Waals surface area contributed by atoms with Crippen molar-refractivity contribution in [3.63, 3.8) is 0 Å². The lowest BCUT2D eigenvalue weighted by Crippen LogP contribution is -1.76. The normalized spacial score (nSPS) is 10.3. The Morgan fingerprint density at radius 2 is 1.85 bits per heavy atom. The van der Waals surface area contributed by atoms with E-state index in [1.807, 2.05) is 12.1 Å². The van der Waals surface area contributed by atoms with Gasteiger partial charge in [-0.15, -0.1) is 10.2 Å². The zero-order valence-corrected chi connectivity index (χ0v) is 8.71. The average molecular weight is 259 g/mol. The fourth-order valence-corrected chi connectivity index (χ4v) is 1.27. The first-order valence-electron chi connectivity index (χ1n) is 3.50. The van der Waals surface area contributed by atoms with E-state index in [1.54, 1.807) is 12.1 Å². The predicted octanol–water partition coefficient (Wildman–Crippen LogP) is 3.15. The molecule has 66 valence electrons. The molecule has 0 fully saturated rings. The number of hydrogen-bond donors (Lipinski definition) is 0. The quantitative estimate of drug-likeness (QED) is 0.790. The molecule has 0 aliphatic rings. The summed E-state index contributed by atoms with van der Waals surface area (Å²) in [6, 6.07) is 7.19. The largest absolute Gasteiger partial charge is 0.411 e. The summed E-state index contributed by atoms with van der Waals surface area (Å²) in [5.41, 5.74) is 0.850. The van der Waals surface area contributed by atoms with E-state index >= 15 is 0 Å². The molecule has 2 rings (SSSR count). The van der Waals surface area contributed by atoms with E-state index in [1.165, 1.54) is 0 Å². The lowest BCUT2D eigenvalue weighted by atomic mass is 10.2. The summed E-state index contributed by atoms with van der Waals surface area (Å²) in [4.78, 5) is 0.373. The summed E-state index contributed by atoms with van der Waals surface area (Å²) < 4.78 is 5.16. The molecule has 0 N–H and O–H groups in total. The van der Waals surface area contributed by atoms with Crippen molar-refractivity contribution >= 4 is 27.5 Å². The third kappa shape index (κ3) is 1.89. The summed E-state index contributed by atoms with van der Waals surface area (Å²) in [7, 11) is 0. The van der Waals surface area contributed by atoms with Gasteiger partial charge in [-0.2, -0.15) is 0 Å². The zero-order valence-electron chi connectivity index (χ0n) is 6.37. The van der Waals surface area contributed by atoms with E-state index in [9.17, 15) is 0 Å². The molecule has 1 heterocycles. The molecule has 0 amide bonds. The van der Waals surface area contributed by atoms with Gasteiger partial charge < -0.3 is 4.42 Å². The van der Waals surface area contributed by atoms with Crippen LogP contribution in [0.4, 0.5) is 0 Å². The highest BCUT2D eigenvalue weighted by Gasteiger charge is 2.05. The zero-order chi connectivity index (χ0) is 9.26. The van der Waals surface area contributed by atoms with Crippen molar-refractivity contribution in [2.45, 2.75) is 0 Å². The number of benzene rings is 1. The van der Waals surface area contributed by atoms with Gasteiger partial charge in [-0.1, -0.05) is 11.6 Å². The van der Waals surface area contributed by atoms with E-state index in [0.29, 0.717) is 15.7 Å². The van der Waals surface area contributed by atoms with E-state index in [-0.39, 0.29) is 0 Å². The summed E-state index contributed by atoms with van der Waals surface area (Å²) in [6.45, 7) is 0. The Balaban J connectivity index is 2.41. The molecule has 0 atom stereocenters. The van der Waals surface area contributed by atoms with Crippen LogP contribution in [0.3, 0.4) is 0 Å². The maximum atomic E-state index is 5.73. The molecule has 0 unspecified atom stereocenters. The van der Waals surface area contributed by atoms with Crippen LogP contribution in [-0.4, -0.2) is 10.2 Å². The van der Waals surface area contributed by atoms with Gasteiger partial charge in [0.05, 0.1) is 0 Å². The van der Waals surface area contributed by atoms with Gasteiger partial charge in [0.25, 0.3) is 4.80 Å². The Morgan fingerprint density at radius 3 is 2.38 bits per heavy atom. The molecular weight excluding hydrogens is 255 g/mol. The highest BCUT2D eigenvalue weighted by molar-refractivity contribution is 9.10. The molecule has 5 heteroatoms. The van der Waals surface area contributed by atoms with E-state index in [4.69, 9.17) is 16.0 Å². The van der Waals surface area contributed by atoms with Crippen LogP contribution >= 0.6 is 27.5 Å². The van der Waals surface area contributed by atoms with Crippen molar-refractivity contribution in [3.8, 4) is 11.5 Å². The van der Waals surface area contributed by atoms with Crippen molar-refractivity contribution in [3.05, 3.63) is 34.1 Å². The Kier molecular flexibility index (Phi) is 2.33. The molecule has 0 saturated heterocycles. The lowest BCUT2D eigenvalue weighted by molar-refractivity contribution is 0.540. The molecule has 2 aromatic rings. The van der Waals surface area contributed by atoms with Crippen LogP contribution < -0.4 is 0 Å². The third-order valence-corrected chi connectivity index (χ3v) is 2.06. The Morgan fingerprint density at radius 1 is 1.15 bits per heavy atom. The summed E-state index contributed by atoms with van der Waals surface area (Å²) >= 11 is 8.81. The summed E-state index contributed by atoms with van der Waals surface area (Å²) in [5.74, 6) is 0.476. The van der Waals surface area contributed by atoms with Crippen LogP contribution in [0.15, 0.2) is 33.5 Å². The average Bonchev–Trinajstić information content (AvgIpc) is 2.53. The Hall–Kier alpha value is -0.870. The molecule has 0 saturated carbocycles. The van der Waals surface area contributed by atoms with E-state index in [0.717, 1.165) is 5.56 Å². The maximum Gasteiger partial charge on any atom is 0.285 e. The van der Waals surface area contributed by atoms with E-state index in [2.05, 4.69) is 26.1 Å². The minimum absolute atomic E-state index is 0.373. The van der Waals surface area contributed by atoms with E-state index < -0.39 is 0 Å². The fraction of sp³-hybridized carbons (Fsp3) is 0. The highest BCUT2D eigenvalue weighted by atomic mass is 79.9. The second-order valence-corrected chi connectivity index (χ2v) is 3.48. The number of hydrogen-bond acceptors (Lipinski definition) is 3. The SMILES string of the molecule is Clc1ccc(-c2nnc(Br)o2)cc1. The number of rotatable bonds is 1. The molecule has 0 aliphatic carbocycles. The number of aromatic nitrogens is 2. The minimum atomic E-state index is 0.373. The van der Waals surface area contributed by atoms with Crippen molar-refractivity contribution < 1.29 is 4.42 Å². The van der Waals surface area contributed by atoms with Gasteiger partial charge in [-0.05, 0) is 24.3 Å². The van der Waals surface area contributed by atoms with Crippen LogP contribution in [0.2, 0.25) is 5.02 Å². The second kappa shape index (κ2) is 3.47. The minimum Gasteiger partial charge on any atom is -0.411 e. The molecular formula is C8H4BrClN2O. The van der Waals surface area contributed by atoms with Gasteiger partial charge >= 0.3 is 0 Å². The first kappa shape index (κ1) is 8.72. The first-order valence-corrected chi connectivity index (χ1v) is 4.68. The number of nitrogens with zero attached hydrogens (tertiary/aromatic N) is 2. The van der Waals surface area contributed by atoms with Crippen molar-refractivity contribution in [1.29, 1.82) is 0 Å². The second-order valence-electron chi connectivity index (χ2n) is 2.37. The smallest absolute Gasteiger partial charge is 0.285 e.